The van der Waals surface area contributed by atoms with Crippen LogP contribution in [-0.4, -0.2) is 11.1 Å². The average Bonchev–Trinajstić information content (AvgIpc) is 2.32. The number of hydrogen-bond acceptors (Lipinski definition) is 2. The maximum atomic E-state index is 10.8. The van der Waals surface area contributed by atoms with Gasteiger partial charge in [0.25, 0.3) is 0 Å². The lowest BCUT2D eigenvalue weighted by atomic mass is 10.2. The number of carboxylic acid groups (broad SMARTS) is 1. The number of para-hydroxylation sites is 1. The summed E-state index contributed by atoms with van der Waals surface area (Å²) >= 11 is 9.22. The van der Waals surface area contributed by atoms with Crippen LogP contribution >= 0.6 is 27.5 Å². The molecule has 0 spiro atoms. The summed E-state index contributed by atoms with van der Waals surface area (Å²) in [5.41, 5.74) is 0.0520. The fraction of sp³-hybridized carbons (Fsp3) is 0. The van der Waals surface area contributed by atoms with E-state index < -0.39 is 5.97 Å². The van der Waals surface area contributed by atoms with E-state index in [0.29, 0.717) is 11.5 Å². The molecule has 5 heteroatoms. The largest absolute Gasteiger partial charge is 0.478 e. The number of halogens is 2. The molecule has 2 rings (SSSR count). The van der Waals surface area contributed by atoms with Gasteiger partial charge in [0.05, 0.1) is 15.1 Å². The second kappa shape index (κ2) is 5.42. The first-order valence-corrected chi connectivity index (χ1v) is 6.20. The van der Waals surface area contributed by atoms with E-state index in [4.69, 9.17) is 21.4 Å². The third-order valence-electron chi connectivity index (χ3n) is 2.24. The molecule has 0 aromatic heterocycles. The van der Waals surface area contributed by atoms with Crippen molar-refractivity contribution in [1.82, 2.24) is 0 Å². The summed E-state index contributed by atoms with van der Waals surface area (Å²) in [5.74, 6) is 0.0565. The van der Waals surface area contributed by atoms with Gasteiger partial charge in [0.15, 0.2) is 0 Å². The number of carboxylic acids is 1. The zero-order chi connectivity index (χ0) is 13.1. The highest BCUT2D eigenvalue weighted by Gasteiger charge is 2.10. The number of benzene rings is 2. The number of ether oxygens (including phenoxy) is 1. The minimum atomic E-state index is -1.06. The molecule has 0 aliphatic carbocycles. The van der Waals surface area contributed by atoms with E-state index >= 15 is 0 Å². The Hall–Kier alpha value is -1.52. The Kier molecular flexibility index (Phi) is 3.89. The Labute approximate surface area is 117 Å². The van der Waals surface area contributed by atoms with Crippen molar-refractivity contribution in [3.05, 3.63) is 57.5 Å². The van der Waals surface area contributed by atoms with E-state index in [9.17, 15) is 4.79 Å². The number of carbonyl (C=O) groups is 1. The Morgan fingerprint density at radius 1 is 1.22 bits per heavy atom. The molecular formula is C13H8BrClO3. The molecule has 2 aromatic carbocycles. The van der Waals surface area contributed by atoms with Gasteiger partial charge in [-0.05, 0) is 40.2 Å². The Morgan fingerprint density at radius 2 is 1.94 bits per heavy atom. The first-order chi connectivity index (χ1) is 8.58. The van der Waals surface area contributed by atoms with Gasteiger partial charge in [-0.2, -0.15) is 0 Å². The summed E-state index contributed by atoms with van der Waals surface area (Å²) in [6.07, 6.45) is 0. The van der Waals surface area contributed by atoms with Crippen LogP contribution < -0.4 is 4.74 Å². The Balaban J connectivity index is 2.29. The minimum Gasteiger partial charge on any atom is -0.478 e. The zero-order valence-corrected chi connectivity index (χ0v) is 11.4. The van der Waals surface area contributed by atoms with Gasteiger partial charge in [0.1, 0.15) is 11.5 Å². The van der Waals surface area contributed by atoms with Crippen molar-refractivity contribution in [2.24, 2.45) is 0 Å². The average molecular weight is 328 g/mol. The van der Waals surface area contributed by atoms with Crippen LogP contribution in [0.5, 0.6) is 11.5 Å². The summed E-state index contributed by atoms with van der Waals surface area (Å²) < 4.78 is 6.41. The predicted molar refractivity (Wildman–Crippen MR) is 72.6 cm³/mol. The highest BCUT2D eigenvalue weighted by molar-refractivity contribution is 9.10. The summed E-state index contributed by atoms with van der Waals surface area (Å²) in [7, 11) is 0. The van der Waals surface area contributed by atoms with Crippen LogP contribution in [0, 0.1) is 0 Å². The van der Waals surface area contributed by atoms with Gasteiger partial charge in [0.2, 0.25) is 0 Å². The summed E-state index contributed by atoms with van der Waals surface area (Å²) in [6.45, 7) is 0. The van der Waals surface area contributed by atoms with Gasteiger partial charge >= 0.3 is 5.97 Å². The maximum Gasteiger partial charge on any atom is 0.337 e. The van der Waals surface area contributed by atoms with Crippen LogP contribution in [0.25, 0.3) is 0 Å². The molecule has 0 amide bonds. The van der Waals surface area contributed by atoms with Gasteiger partial charge in [-0.3, -0.25) is 0 Å². The third-order valence-corrected chi connectivity index (χ3v) is 3.20. The van der Waals surface area contributed by atoms with Gasteiger partial charge in [0, 0.05) is 6.07 Å². The zero-order valence-electron chi connectivity index (χ0n) is 9.06. The van der Waals surface area contributed by atoms with E-state index in [1.165, 1.54) is 12.1 Å². The Morgan fingerprint density at radius 3 is 2.56 bits per heavy atom. The van der Waals surface area contributed by atoms with Gasteiger partial charge in [-0.15, -0.1) is 0 Å². The van der Waals surface area contributed by atoms with Crippen molar-refractivity contribution in [2.45, 2.75) is 0 Å². The number of hydrogen-bond donors (Lipinski definition) is 1. The molecule has 0 unspecified atom stereocenters. The minimum absolute atomic E-state index is 0.0520. The normalized spacial score (nSPS) is 10.1. The van der Waals surface area contributed by atoms with Gasteiger partial charge in [-0.1, -0.05) is 23.7 Å². The molecule has 18 heavy (non-hydrogen) atoms. The molecule has 2 aromatic rings. The lowest BCUT2D eigenvalue weighted by Crippen LogP contribution is -1.97. The van der Waals surface area contributed by atoms with Crippen molar-refractivity contribution in [1.29, 1.82) is 0 Å². The van der Waals surface area contributed by atoms with E-state index in [2.05, 4.69) is 15.9 Å². The van der Waals surface area contributed by atoms with Gasteiger partial charge in [-0.25, -0.2) is 4.79 Å². The molecule has 0 fully saturated rings. The first kappa shape index (κ1) is 12.9. The van der Waals surface area contributed by atoms with E-state index in [1.807, 2.05) is 18.2 Å². The SMILES string of the molecule is O=C(O)c1ccc(Oc2ccccc2Br)cc1Cl. The topological polar surface area (TPSA) is 46.5 Å². The van der Waals surface area contributed by atoms with Crippen molar-refractivity contribution in [3.63, 3.8) is 0 Å². The van der Waals surface area contributed by atoms with Crippen LogP contribution in [0.2, 0.25) is 5.02 Å². The molecule has 0 bridgehead atoms. The molecule has 0 saturated heterocycles. The number of aromatic carboxylic acids is 1. The quantitative estimate of drug-likeness (QED) is 0.896. The van der Waals surface area contributed by atoms with Crippen LogP contribution in [0.1, 0.15) is 10.4 Å². The van der Waals surface area contributed by atoms with E-state index in [-0.39, 0.29) is 10.6 Å². The fourth-order valence-electron chi connectivity index (χ4n) is 1.39. The fourth-order valence-corrected chi connectivity index (χ4v) is 2.00. The van der Waals surface area contributed by atoms with Crippen LogP contribution in [0.15, 0.2) is 46.9 Å². The van der Waals surface area contributed by atoms with Crippen molar-refractivity contribution in [2.75, 3.05) is 0 Å². The third kappa shape index (κ3) is 2.83. The molecule has 0 radical (unpaired) electrons. The highest BCUT2D eigenvalue weighted by Crippen LogP contribution is 2.31. The maximum absolute atomic E-state index is 10.8. The molecule has 0 saturated carbocycles. The predicted octanol–water partition coefficient (Wildman–Crippen LogP) is 4.59. The van der Waals surface area contributed by atoms with Crippen molar-refractivity contribution in [3.8, 4) is 11.5 Å². The number of rotatable bonds is 3. The van der Waals surface area contributed by atoms with E-state index in [0.717, 1.165) is 4.47 Å². The Bertz CT molecular complexity index is 599. The van der Waals surface area contributed by atoms with Crippen LogP contribution in [0.4, 0.5) is 0 Å². The van der Waals surface area contributed by atoms with Crippen molar-refractivity contribution >= 4 is 33.5 Å². The van der Waals surface area contributed by atoms with E-state index in [1.54, 1.807) is 12.1 Å². The highest BCUT2D eigenvalue weighted by atomic mass is 79.9. The second-order valence-corrected chi connectivity index (χ2v) is 4.74. The second-order valence-electron chi connectivity index (χ2n) is 3.48. The van der Waals surface area contributed by atoms with Gasteiger partial charge < -0.3 is 9.84 Å². The van der Waals surface area contributed by atoms with Crippen LogP contribution in [-0.2, 0) is 0 Å². The molecule has 0 aliphatic rings. The van der Waals surface area contributed by atoms with Crippen LogP contribution in [0.3, 0.4) is 0 Å². The molecule has 0 heterocycles. The molecule has 0 atom stereocenters. The molecule has 3 nitrogen and oxygen atoms in total. The first-order valence-electron chi connectivity index (χ1n) is 5.03. The summed E-state index contributed by atoms with van der Waals surface area (Å²) in [5, 5.41) is 9.00. The smallest absolute Gasteiger partial charge is 0.337 e. The summed E-state index contributed by atoms with van der Waals surface area (Å²) in [6, 6.07) is 11.8. The molecule has 0 aliphatic heterocycles. The molecule has 92 valence electrons. The lowest BCUT2D eigenvalue weighted by molar-refractivity contribution is 0.0697. The molecule has 1 N–H and O–H groups in total. The monoisotopic (exact) mass is 326 g/mol. The standard InChI is InChI=1S/C13H8BrClO3/c14-10-3-1-2-4-12(10)18-8-5-6-9(13(16)17)11(15)7-8/h1-7H,(H,16,17). The lowest BCUT2D eigenvalue weighted by Gasteiger charge is -2.08. The van der Waals surface area contributed by atoms with Crippen molar-refractivity contribution < 1.29 is 14.6 Å². The summed E-state index contributed by atoms with van der Waals surface area (Å²) in [4.78, 5) is 10.8. The molecular weight excluding hydrogens is 319 g/mol.